The minimum atomic E-state index is -0.604. The van der Waals surface area contributed by atoms with Crippen LogP contribution in [0.25, 0.3) is 0 Å². The van der Waals surface area contributed by atoms with Crippen LogP contribution in [-0.2, 0) is 9.59 Å². The van der Waals surface area contributed by atoms with Crippen molar-refractivity contribution in [2.75, 3.05) is 33.2 Å². The minimum Gasteiger partial charge on any atom is -0.410 e. The van der Waals surface area contributed by atoms with Crippen LogP contribution in [0, 0.1) is 17.7 Å². The molecular weight excluding hydrogens is 532 g/mol. The molecule has 3 amide bonds. The summed E-state index contributed by atoms with van der Waals surface area (Å²) in [5.74, 6) is -0.134. The standard InChI is InChI=1S/C28H30Cl2FN3O4/c1-32(28(37)38-21-7-5-20(31)6-8-21)25-16-34(15-22(25)19-4-9-23(29)24(30)14-19)27(36)18-10-12-33(13-11-18)26(35)17-2-3-17/h4-9,14,17-18,22,25H,2-3,10-13,15-16H2,1H3/t22-,25+/m1/s1. The average molecular weight is 562 g/mol. The summed E-state index contributed by atoms with van der Waals surface area (Å²) in [6.45, 7) is 1.95. The van der Waals surface area contributed by atoms with Crippen molar-refractivity contribution in [2.24, 2.45) is 11.8 Å². The van der Waals surface area contributed by atoms with E-state index in [-0.39, 0.29) is 41.4 Å². The van der Waals surface area contributed by atoms with E-state index in [1.54, 1.807) is 19.2 Å². The van der Waals surface area contributed by atoms with E-state index >= 15 is 0 Å². The highest BCUT2D eigenvalue weighted by atomic mass is 35.5. The second kappa shape index (κ2) is 11.1. The second-order valence-electron chi connectivity index (χ2n) is 10.4. The van der Waals surface area contributed by atoms with Crippen molar-refractivity contribution in [3.8, 4) is 5.75 Å². The molecule has 7 nitrogen and oxygen atoms in total. The molecule has 2 aliphatic heterocycles. The Morgan fingerprint density at radius 2 is 1.50 bits per heavy atom. The Balaban J connectivity index is 1.30. The van der Waals surface area contributed by atoms with Crippen LogP contribution in [-0.4, -0.2) is 71.9 Å². The highest BCUT2D eigenvalue weighted by molar-refractivity contribution is 6.42. The summed E-state index contributed by atoms with van der Waals surface area (Å²) in [4.78, 5) is 44.2. The molecule has 10 heteroatoms. The topological polar surface area (TPSA) is 70.2 Å². The lowest BCUT2D eigenvalue weighted by atomic mass is 9.93. The number of likely N-dealkylation sites (N-methyl/N-ethyl adjacent to an activating group) is 1. The van der Waals surface area contributed by atoms with Gasteiger partial charge < -0.3 is 19.4 Å². The Morgan fingerprint density at radius 3 is 2.13 bits per heavy atom. The number of ether oxygens (including phenoxy) is 1. The third-order valence-electron chi connectivity index (χ3n) is 7.86. The van der Waals surface area contributed by atoms with Gasteiger partial charge in [-0.2, -0.15) is 0 Å². The van der Waals surface area contributed by atoms with Gasteiger partial charge in [-0.1, -0.05) is 29.3 Å². The molecule has 0 aromatic heterocycles. The van der Waals surface area contributed by atoms with Gasteiger partial charge >= 0.3 is 6.09 Å². The molecule has 2 aromatic rings. The number of likely N-dealkylation sites (tertiary alicyclic amines) is 2. The van der Waals surface area contributed by atoms with Gasteiger partial charge in [0.2, 0.25) is 11.8 Å². The van der Waals surface area contributed by atoms with E-state index in [9.17, 15) is 18.8 Å². The Labute approximate surface area is 231 Å². The Kier molecular flexibility index (Phi) is 7.82. The number of halogens is 3. The molecule has 3 fully saturated rings. The molecule has 2 saturated heterocycles. The summed E-state index contributed by atoms with van der Waals surface area (Å²) in [5.41, 5.74) is 0.867. The number of benzene rings is 2. The predicted octanol–water partition coefficient (Wildman–Crippen LogP) is 5.21. The van der Waals surface area contributed by atoms with Crippen molar-refractivity contribution in [1.82, 2.24) is 14.7 Å². The van der Waals surface area contributed by atoms with Crippen molar-refractivity contribution in [3.63, 3.8) is 0 Å². The maximum atomic E-state index is 13.6. The summed E-state index contributed by atoms with van der Waals surface area (Å²) >= 11 is 12.4. The molecule has 2 atom stereocenters. The summed E-state index contributed by atoms with van der Waals surface area (Å²) in [6.07, 6.45) is 2.62. The number of carbonyl (C=O) groups is 3. The third kappa shape index (κ3) is 5.76. The summed E-state index contributed by atoms with van der Waals surface area (Å²) < 4.78 is 18.7. The predicted molar refractivity (Wildman–Crippen MR) is 142 cm³/mol. The lowest BCUT2D eigenvalue weighted by Gasteiger charge is -2.33. The van der Waals surface area contributed by atoms with Gasteiger partial charge in [0.1, 0.15) is 11.6 Å². The number of hydrogen-bond acceptors (Lipinski definition) is 4. The van der Waals surface area contributed by atoms with Crippen LogP contribution in [0.1, 0.15) is 37.2 Å². The summed E-state index contributed by atoms with van der Waals surface area (Å²) in [5, 5.41) is 0.825. The van der Waals surface area contributed by atoms with Crippen molar-refractivity contribution in [1.29, 1.82) is 0 Å². The fourth-order valence-electron chi connectivity index (χ4n) is 5.43. The number of rotatable bonds is 5. The molecule has 0 unspecified atom stereocenters. The number of amides is 3. The third-order valence-corrected chi connectivity index (χ3v) is 8.60. The summed E-state index contributed by atoms with van der Waals surface area (Å²) in [7, 11) is 1.64. The van der Waals surface area contributed by atoms with Crippen LogP contribution < -0.4 is 4.74 Å². The molecule has 38 heavy (non-hydrogen) atoms. The molecule has 202 valence electrons. The molecule has 2 aromatic carbocycles. The van der Waals surface area contributed by atoms with Gasteiger partial charge in [0.05, 0.1) is 16.1 Å². The molecule has 0 N–H and O–H groups in total. The van der Waals surface area contributed by atoms with E-state index in [2.05, 4.69) is 0 Å². The molecular formula is C28H30Cl2FN3O4. The molecule has 2 heterocycles. The van der Waals surface area contributed by atoms with Crippen LogP contribution in [0.15, 0.2) is 42.5 Å². The van der Waals surface area contributed by atoms with Gasteiger partial charge in [0.25, 0.3) is 0 Å². The maximum Gasteiger partial charge on any atom is 0.415 e. The number of hydrogen-bond donors (Lipinski definition) is 0. The molecule has 5 rings (SSSR count). The first-order valence-electron chi connectivity index (χ1n) is 12.9. The van der Waals surface area contributed by atoms with Gasteiger partial charge in [-0.05, 0) is 67.6 Å². The highest BCUT2D eigenvalue weighted by Gasteiger charge is 2.43. The van der Waals surface area contributed by atoms with Crippen LogP contribution in [0.2, 0.25) is 10.0 Å². The first-order chi connectivity index (χ1) is 18.2. The van der Waals surface area contributed by atoms with Gasteiger partial charge in [-0.15, -0.1) is 0 Å². The van der Waals surface area contributed by atoms with Crippen molar-refractivity contribution >= 4 is 41.1 Å². The number of piperidine rings is 1. The number of nitrogens with zero attached hydrogens (tertiary/aromatic N) is 3. The minimum absolute atomic E-state index is 0.0383. The van der Waals surface area contributed by atoms with Gasteiger partial charge in [0, 0.05) is 51.0 Å². The first-order valence-corrected chi connectivity index (χ1v) is 13.7. The fraction of sp³-hybridized carbons (Fsp3) is 0.464. The SMILES string of the molecule is CN(C(=O)Oc1ccc(F)cc1)[C@H]1CN(C(=O)C2CCN(C(=O)C3CC3)CC2)C[C@@H]1c1ccc(Cl)c(Cl)c1. The van der Waals surface area contributed by atoms with Crippen LogP contribution in [0.3, 0.4) is 0 Å². The van der Waals surface area contributed by atoms with E-state index in [1.807, 2.05) is 15.9 Å². The highest BCUT2D eigenvalue weighted by Crippen LogP contribution is 2.37. The van der Waals surface area contributed by atoms with Gasteiger partial charge in [-0.25, -0.2) is 9.18 Å². The van der Waals surface area contributed by atoms with Crippen molar-refractivity contribution in [2.45, 2.75) is 37.6 Å². The van der Waals surface area contributed by atoms with E-state index in [0.717, 1.165) is 18.4 Å². The van der Waals surface area contributed by atoms with Crippen LogP contribution in [0.4, 0.5) is 9.18 Å². The van der Waals surface area contributed by atoms with E-state index in [0.29, 0.717) is 49.1 Å². The zero-order chi connectivity index (χ0) is 27.0. The van der Waals surface area contributed by atoms with Crippen molar-refractivity contribution < 1.29 is 23.5 Å². The average Bonchev–Trinajstić information content (AvgIpc) is 3.68. The van der Waals surface area contributed by atoms with E-state index in [4.69, 9.17) is 27.9 Å². The zero-order valence-corrected chi connectivity index (χ0v) is 22.6. The van der Waals surface area contributed by atoms with E-state index in [1.165, 1.54) is 29.2 Å². The fourth-order valence-corrected chi connectivity index (χ4v) is 5.74. The lowest BCUT2D eigenvalue weighted by molar-refractivity contribution is -0.140. The molecule has 0 spiro atoms. The van der Waals surface area contributed by atoms with Crippen molar-refractivity contribution in [3.05, 3.63) is 63.9 Å². The van der Waals surface area contributed by atoms with Gasteiger partial charge in [-0.3, -0.25) is 9.59 Å². The molecule has 0 radical (unpaired) electrons. The quantitative estimate of drug-likeness (QED) is 0.502. The first kappa shape index (κ1) is 26.8. The summed E-state index contributed by atoms with van der Waals surface area (Å²) in [6, 6.07) is 10.2. The lowest BCUT2D eigenvalue weighted by Crippen LogP contribution is -2.46. The van der Waals surface area contributed by atoms with Crippen LogP contribution in [0.5, 0.6) is 5.75 Å². The molecule has 1 aliphatic carbocycles. The van der Waals surface area contributed by atoms with E-state index < -0.39 is 11.9 Å². The number of carbonyl (C=O) groups excluding carboxylic acids is 3. The normalized spacial score (nSPS) is 21.9. The molecule has 3 aliphatic rings. The maximum absolute atomic E-state index is 13.6. The molecule has 1 saturated carbocycles. The van der Waals surface area contributed by atoms with Gasteiger partial charge in [0.15, 0.2) is 0 Å². The largest absolute Gasteiger partial charge is 0.415 e. The molecule has 0 bridgehead atoms. The zero-order valence-electron chi connectivity index (χ0n) is 21.1. The monoisotopic (exact) mass is 561 g/mol. The Morgan fingerprint density at radius 1 is 0.868 bits per heavy atom. The smallest absolute Gasteiger partial charge is 0.410 e. The Hall–Kier alpha value is -2.84. The second-order valence-corrected chi connectivity index (χ2v) is 11.2. The van der Waals surface area contributed by atoms with Crippen LogP contribution >= 0.6 is 23.2 Å². The Bertz CT molecular complexity index is 1220.